The van der Waals surface area contributed by atoms with Gasteiger partial charge in [0.25, 0.3) is 0 Å². The van der Waals surface area contributed by atoms with Crippen LogP contribution in [0, 0.1) is 0 Å². The van der Waals surface area contributed by atoms with Gasteiger partial charge in [-0.15, -0.1) is 0 Å². The van der Waals surface area contributed by atoms with E-state index in [-0.39, 0.29) is 18.5 Å². The Morgan fingerprint density at radius 1 is 0.360 bits per heavy atom. The second kappa shape index (κ2) is 78.0. The Morgan fingerprint density at radius 3 is 0.990 bits per heavy atom. The molecule has 0 saturated carbocycles. The van der Waals surface area contributed by atoms with Crippen molar-refractivity contribution in [2.24, 2.45) is 0 Å². The minimum atomic E-state index is -1.58. The van der Waals surface area contributed by atoms with Crippen LogP contribution in [0.25, 0.3) is 0 Å². The lowest BCUT2D eigenvalue weighted by molar-refractivity contribution is -0.302. The highest BCUT2D eigenvalue weighted by Crippen LogP contribution is 2.24. The molecule has 0 aromatic heterocycles. The lowest BCUT2D eigenvalue weighted by atomic mass is 9.99. The van der Waals surface area contributed by atoms with Crippen molar-refractivity contribution in [2.45, 2.75) is 500 Å². The largest absolute Gasteiger partial charge is 0.466 e. The molecule has 1 aliphatic rings. The number of allylic oxidation sites excluding steroid dienone is 5. The summed E-state index contributed by atoms with van der Waals surface area (Å²) in [5.74, 6) is -0.164. The lowest BCUT2D eigenvalue weighted by Crippen LogP contribution is -2.60. The Labute approximate surface area is 619 Å². The predicted molar refractivity (Wildman–Crippen MR) is 426 cm³/mol. The summed E-state index contributed by atoms with van der Waals surface area (Å²) in [6, 6.07) is -0.831. The Hall–Kier alpha value is -2.12. The SMILES string of the molecule is CCCCCC/C=C/CC/C=C/CC/C=C/C(O)C(COC1OC(CO)C(O)C(O)C1O)NC(=O)CCCCCCCCCCCCCCCCCCCCCCCCCCCCCCCCCCCCCCCCCOC(=O)CCCCCCCCCCCCCCCCCCCCC. The monoisotopic (exact) mass is 1410 g/mol. The van der Waals surface area contributed by atoms with Gasteiger partial charge in [0.05, 0.1) is 32.0 Å². The summed E-state index contributed by atoms with van der Waals surface area (Å²) in [5, 5.41) is 54.6. The predicted octanol–water partition coefficient (Wildman–Crippen LogP) is 24.8. The van der Waals surface area contributed by atoms with Crippen LogP contribution in [0.4, 0.5) is 0 Å². The van der Waals surface area contributed by atoms with Gasteiger partial charge in [-0.25, -0.2) is 0 Å². The van der Waals surface area contributed by atoms with Gasteiger partial charge >= 0.3 is 5.97 Å². The number of esters is 1. The zero-order valence-electron chi connectivity index (χ0n) is 66.2. The fourth-order valence-corrected chi connectivity index (χ4v) is 14.4. The molecular weight excluding hydrogens is 1240 g/mol. The maximum Gasteiger partial charge on any atom is 0.305 e. The number of rotatable bonds is 80. The third-order valence-corrected chi connectivity index (χ3v) is 21.2. The number of carbonyl (C=O) groups is 2. The Morgan fingerprint density at radius 2 is 0.650 bits per heavy atom. The van der Waals surface area contributed by atoms with E-state index < -0.39 is 49.5 Å². The molecule has 1 amide bonds. The van der Waals surface area contributed by atoms with E-state index in [1.807, 2.05) is 6.08 Å². The van der Waals surface area contributed by atoms with Crippen LogP contribution < -0.4 is 5.32 Å². The van der Waals surface area contributed by atoms with Crippen LogP contribution in [-0.2, 0) is 23.8 Å². The summed E-state index contributed by atoms with van der Waals surface area (Å²) in [5.41, 5.74) is 0. The van der Waals surface area contributed by atoms with Crippen molar-refractivity contribution in [3.63, 3.8) is 0 Å². The molecular formula is C89H169NO10. The smallest absolute Gasteiger partial charge is 0.305 e. The van der Waals surface area contributed by atoms with Crippen molar-refractivity contribution in [3.05, 3.63) is 36.5 Å². The number of aliphatic hydroxyl groups is 5. The van der Waals surface area contributed by atoms with Gasteiger partial charge in [-0.1, -0.05) is 423 Å². The van der Waals surface area contributed by atoms with Gasteiger partial charge in [0.2, 0.25) is 5.91 Å². The quantitative estimate of drug-likeness (QED) is 0.0195. The van der Waals surface area contributed by atoms with E-state index in [0.29, 0.717) is 19.4 Å². The number of aliphatic hydroxyl groups excluding tert-OH is 5. The molecule has 11 nitrogen and oxygen atoms in total. The van der Waals surface area contributed by atoms with Crippen molar-refractivity contribution >= 4 is 11.9 Å². The van der Waals surface area contributed by atoms with Crippen molar-refractivity contribution in [1.82, 2.24) is 5.32 Å². The molecule has 1 aliphatic heterocycles. The first-order chi connectivity index (χ1) is 49.2. The number of carbonyl (C=O) groups excluding carboxylic acids is 2. The molecule has 7 unspecified atom stereocenters. The average molecular weight is 1410 g/mol. The number of hydrogen-bond acceptors (Lipinski definition) is 10. The highest BCUT2D eigenvalue weighted by molar-refractivity contribution is 5.76. The van der Waals surface area contributed by atoms with Gasteiger partial charge in [0, 0.05) is 12.8 Å². The van der Waals surface area contributed by atoms with Gasteiger partial charge in [0.1, 0.15) is 24.4 Å². The highest BCUT2D eigenvalue weighted by atomic mass is 16.7. The van der Waals surface area contributed by atoms with Gasteiger partial charge in [-0.3, -0.25) is 9.59 Å². The maximum atomic E-state index is 13.1. The third-order valence-electron chi connectivity index (χ3n) is 21.2. The Balaban J connectivity index is 1.85. The topological polar surface area (TPSA) is 175 Å². The van der Waals surface area contributed by atoms with E-state index in [2.05, 4.69) is 43.5 Å². The molecule has 0 aromatic carbocycles. The first-order valence-corrected chi connectivity index (χ1v) is 44.3. The van der Waals surface area contributed by atoms with Crippen LogP contribution >= 0.6 is 0 Å². The highest BCUT2D eigenvalue weighted by Gasteiger charge is 2.44. The van der Waals surface area contributed by atoms with Crippen LogP contribution in [0.1, 0.15) is 457 Å². The van der Waals surface area contributed by atoms with Gasteiger partial charge in [-0.2, -0.15) is 0 Å². The molecule has 11 heteroatoms. The Kier molecular flexibility index (Phi) is 74.8. The second-order valence-corrected chi connectivity index (χ2v) is 30.9. The number of ether oxygens (including phenoxy) is 3. The Bertz CT molecular complexity index is 1760. The first-order valence-electron chi connectivity index (χ1n) is 44.3. The molecule has 590 valence electrons. The van der Waals surface area contributed by atoms with Crippen LogP contribution in [0.2, 0.25) is 0 Å². The zero-order chi connectivity index (χ0) is 72.2. The van der Waals surface area contributed by atoms with Gasteiger partial charge < -0.3 is 45.1 Å². The number of hydrogen-bond donors (Lipinski definition) is 6. The van der Waals surface area contributed by atoms with E-state index in [1.165, 1.54) is 366 Å². The summed E-state index contributed by atoms with van der Waals surface area (Å²) in [7, 11) is 0. The molecule has 0 radical (unpaired) electrons. The molecule has 1 saturated heterocycles. The van der Waals surface area contributed by atoms with Gasteiger partial charge in [0.15, 0.2) is 6.29 Å². The fraction of sp³-hybridized carbons (Fsp3) is 0.910. The summed E-state index contributed by atoms with van der Waals surface area (Å²) >= 11 is 0. The van der Waals surface area contributed by atoms with E-state index in [9.17, 15) is 35.1 Å². The standard InChI is InChI=1S/C89H169NO10/c1-3-5-7-9-11-13-15-17-19-20-42-46-49-53-57-61-65-69-73-77-85(94)98-78-74-70-66-62-58-54-50-47-44-41-39-37-35-33-31-29-27-25-23-21-22-24-26-28-30-32-34-36-38-40-43-45-48-52-56-60-64-68-72-76-84(93)90-81(80-99-89-88(97)87(96)86(95)83(79-91)100-89)82(92)75-71-67-63-59-55-51-18-16-14-12-10-8-6-4-2/h14,16,55,59,71,75,81-83,86-89,91-92,95-97H,3-13,15,17-54,56-58,60-70,72-74,76-80H2,1-2H3,(H,90,93)/b16-14+,59-55+,75-71+. The normalized spacial score (nSPS) is 17.2. The first kappa shape index (κ1) is 95.9. The van der Waals surface area contributed by atoms with Crippen LogP contribution in [0.15, 0.2) is 36.5 Å². The fourth-order valence-electron chi connectivity index (χ4n) is 14.4. The second-order valence-electron chi connectivity index (χ2n) is 30.9. The van der Waals surface area contributed by atoms with E-state index in [4.69, 9.17) is 14.2 Å². The molecule has 7 atom stereocenters. The van der Waals surface area contributed by atoms with E-state index >= 15 is 0 Å². The minimum Gasteiger partial charge on any atom is -0.466 e. The molecule has 1 rings (SSSR count). The molecule has 1 fully saturated rings. The summed E-state index contributed by atoms with van der Waals surface area (Å²) in [6.45, 7) is 4.37. The van der Waals surface area contributed by atoms with Crippen molar-refractivity contribution < 1.29 is 49.3 Å². The average Bonchev–Trinajstić information content (AvgIpc) is 0.822. The van der Waals surface area contributed by atoms with E-state index in [0.717, 1.165) is 64.2 Å². The summed E-state index contributed by atoms with van der Waals surface area (Å²) < 4.78 is 16.8. The summed E-state index contributed by atoms with van der Waals surface area (Å²) in [4.78, 5) is 25.3. The molecule has 6 N–H and O–H groups in total. The van der Waals surface area contributed by atoms with Crippen molar-refractivity contribution in [3.8, 4) is 0 Å². The molecule has 0 spiro atoms. The molecule has 0 aromatic rings. The van der Waals surface area contributed by atoms with Gasteiger partial charge in [-0.05, 0) is 57.8 Å². The lowest BCUT2D eigenvalue weighted by Gasteiger charge is -2.40. The number of amides is 1. The molecule has 100 heavy (non-hydrogen) atoms. The molecule has 0 aliphatic carbocycles. The number of nitrogens with one attached hydrogen (secondary N) is 1. The molecule has 0 bridgehead atoms. The third kappa shape index (κ3) is 65.4. The van der Waals surface area contributed by atoms with Crippen molar-refractivity contribution in [2.75, 3.05) is 19.8 Å². The number of unbranched alkanes of at least 4 members (excludes halogenated alkanes) is 62. The zero-order valence-corrected chi connectivity index (χ0v) is 66.2. The summed E-state index contributed by atoms with van der Waals surface area (Å²) in [6.07, 6.45) is 93.6. The maximum absolute atomic E-state index is 13.1. The van der Waals surface area contributed by atoms with E-state index in [1.54, 1.807) is 6.08 Å². The molecule has 1 heterocycles. The minimum absolute atomic E-state index is 0.0240. The van der Waals surface area contributed by atoms with Crippen LogP contribution in [0.5, 0.6) is 0 Å². The van der Waals surface area contributed by atoms with Crippen molar-refractivity contribution in [1.29, 1.82) is 0 Å². The van der Waals surface area contributed by atoms with Crippen LogP contribution in [-0.4, -0.2) is 100 Å². The van der Waals surface area contributed by atoms with Crippen LogP contribution in [0.3, 0.4) is 0 Å².